The maximum Gasteiger partial charge on any atom is -0.000687 e. The third-order valence-electron chi connectivity index (χ3n) is 4.13. The van der Waals surface area contributed by atoms with Gasteiger partial charge in [0.05, 0.1) is 0 Å². The third kappa shape index (κ3) is 7.05. The lowest BCUT2D eigenvalue weighted by Crippen LogP contribution is -2.29. The molecule has 102 valence electrons. The highest BCUT2D eigenvalue weighted by Crippen LogP contribution is 2.21. The summed E-state index contributed by atoms with van der Waals surface area (Å²) in [5, 5.41) is 3.66. The number of hydrogen-bond acceptors (Lipinski definition) is 2. The topological polar surface area (TPSA) is 15.3 Å². The molecule has 1 aliphatic carbocycles. The van der Waals surface area contributed by atoms with Crippen LogP contribution < -0.4 is 5.32 Å². The number of nitrogens with one attached hydrogen (secondary N) is 1. The quantitative estimate of drug-likeness (QED) is 0.517. The number of rotatable bonds is 8. The molecule has 0 aromatic heterocycles. The molecule has 0 aromatic carbocycles. The summed E-state index contributed by atoms with van der Waals surface area (Å²) >= 11 is 0. The van der Waals surface area contributed by atoms with Crippen LogP contribution in [0.1, 0.15) is 58.8 Å². The van der Waals surface area contributed by atoms with Crippen molar-refractivity contribution in [3.63, 3.8) is 0 Å². The Kier molecular flexibility index (Phi) is 8.72. The predicted octanol–water partition coefficient (Wildman–Crippen LogP) is 3.28. The molecule has 0 aromatic rings. The molecule has 2 heteroatoms. The Labute approximate surface area is 108 Å². The first-order valence-corrected chi connectivity index (χ1v) is 7.79. The fourth-order valence-corrected chi connectivity index (χ4v) is 2.84. The number of nitrogens with zero attached hydrogens (tertiary/aromatic N) is 1. The lowest BCUT2D eigenvalue weighted by molar-refractivity contribution is 0.296. The van der Waals surface area contributed by atoms with Gasteiger partial charge < -0.3 is 10.2 Å². The standard InChI is InChI=1S/C15H32N2/c1-3-17(4-2)13-9-12-16-14-15-10-7-5-6-8-11-15/h15-16H,3-14H2,1-2H3. The minimum atomic E-state index is 0.964. The molecule has 0 aliphatic heterocycles. The molecular formula is C15H32N2. The van der Waals surface area contributed by atoms with Crippen LogP contribution in [0, 0.1) is 5.92 Å². The van der Waals surface area contributed by atoms with E-state index in [1.54, 1.807) is 0 Å². The van der Waals surface area contributed by atoms with Crippen molar-refractivity contribution in [2.75, 3.05) is 32.7 Å². The van der Waals surface area contributed by atoms with E-state index in [1.807, 2.05) is 0 Å². The van der Waals surface area contributed by atoms with Gasteiger partial charge in [-0.1, -0.05) is 39.5 Å². The van der Waals surface area contributed by atoms with Gasteiger partial charge in [-0.25, -0.2) is 0 Å². The summed E-state index contributed by atoms with van der Waals surface area (Å²) in [4.78, 5) is 2.51. The molecule has 1 aliphatic rings. The SMILES string of the molecule is CCN(CC)CCCNCC1CCCCCC1. The van der Waals surface area contributed by atoms with Gasteiger partial charge in [-0.2, -0.15) is 0 Å². The number of hydrogen-bond donors (Lipinski definition) is 1. The summed E-state index contributed by atoms with van der Waals surface area (Å²) in [6.07, 6.45) is 10.1. The maximum atomic E-state index is 3.66. The van der Waals surface area contributed by atoms with Gasteiger partial charge in [0.1, 0.15) is 0 Å². The lowest BCUT2D eigenvalue weighted by Gasteiger charge is -2.19. The molecular weight excluding hydrogens is 208 g/mol. The van der Waals surface area contributed by atoms with Gasteiger partial charge >= 0.3 is 0 Å². The molecule has 2 nitrogen and oxygen atoms in total. The molecule has 17 heavy (non-hydrogen) atoms. The van der Waals surface area contributed by atoms with E-state index in [0.29, 0.717) is 0 Å². The average Bonchev–Trinajstić information content (AvgIpc) is 2.62. The summed E-state index contributed by atoms with van der Waals surface area (Å²) < 4.78 is 0. The van der Waals surface area contributed by atoms with Crippen LogP contribution in [0.15, 0.2) is 0 Å². The van der Waals surface area contributed by atoms with E-state index in [1.165, 1.54) is 77.7 Å². The predicted molar refractivity (Wildman–Crippen MR) is 76.5 cm³/mol. The highest BCUT2D eigenvalue weighted by Gasteiger charge is 2.11. The van der Waals surface area contributed by atoms with Crippen LogP contribution in [0.2, 0.25) is 0 Å². The van der Waals surface area contributed by atoms with Crippen LogP contribution in [-0.4, -0.2) is 37.6 Å². The van der Waals surface area contributed by atoms with Crippen molar-refractivity contribution in [2.24, 2.45) is 5.92 Å². The van der Waals surface area contributed by atoms with Crippen molar-refractivity contribution < 1.29 is 0 Å². The second-order valence-electron chi connectivity index (χ2n) is 5.44. The zero-order valence-electron chi connectivity index (χ0n) is 12.0. The third-order valence-corrected chi connectivity index (χ3v) is 4.13. The van der Waals surface area contributed by atoms with Crippen LogP contribution in [0.25, 0.3) is 0 Å². The maximum absolute atomic E-state index is 3.66. The Hall–Kier alpha value is -0.0800. The normalized spacial score (nSPS) is 18.5. The van der Waals surface area contributed by atoms with E-state index in [4.69, 9.17) is 0 Å². The minimum Gasteiger partial charge on any atom is -0.316 e. The average molecular weight is 240 g/mol. The molecule has 0 radical (unpaired) electrons. The first-order valence-electron chi connectivity index (χ1n) is 7.79. The minimum absolute atomic E-state index is 0.964. The van der Waals surface area contributed by atoms with Gasteiger partial charge in [0.2, 0.25) is 0 Å². The van der Waals surface area contributed by atoms with Crippen LogP contribution in [0.4, 0.5) is 0 Å². The van der Waals surface area contributed by atoms with Crippen LogP contribution in [0.5, 0.6) is 0 Å². The highest BCUT2D eigenvalue weighted by molar-refractivity contribution is 4.67. The molecule has 1 rings (SSSR count). The van der Waals surface area contributed by atoms with Gasteiger partial charge in [0.15, 0.2) is 0 Å². The molecule has 1 saturated carbocycles. The van der Waals surface area contributed by atoms with Crippen LogP contribution in [0.3, 0.4) is 0 Å². The smallest absolute Gasteiger partial charge is 0.000687 e. The van der Waals surface area contributed by atoms with Gasteiger partial charge in [-0.3, -0.25) is 0 Å². The van der Waals surface area contributed by atoms with Gasteiger partial charge in [0, 0.05) is 0 Å². The van der Waals surface area contributed by atoms with E-state index in [0.717, 1.165) is 5.92 Å². The molecule has 0 bridgehead atoms. The van der Waals surface area contributed by atoms with E-state index >= 15 is 0 Å². The fourth-order valence-electron chi connectivity index (χ4n) is 2.84. The monoisotopic (exact) mass is 240 g/mol. The summed E-state index contributed by atoms with van der Waals surface area (Å²) in [6, 6.07) is 0. The van der Waals surface area contributed by atoms with E-state index in [2.05, 4.69) is 24.1 Å². The van der Waals surface area contributed by atoms with Crippen LogP contribution in [-0.2, 0) is 0 Å². The molecule has 1 fully saturated rings. The lowest BCUT2D eigenvalue weighted by atomic mass is 10.0. The van der Waals surface area contributed by atoms with E-state index < -0.39 is 0 Å². The van der Waals surface area contributed by atoms with Gasteiger partial charge in [-0.05, 0) is 57.9 Å². The molecule has 0 atom stereocenters. The molecule has 0 spiro atoms. The first kappa shape index (κ1) is 15.0. The van der Waals surface area contributed by atoms with Crippen molar-refractivity contribution in [1.29, 1.82) is 0 Å². The molecule has 0 saturated heterocycles. The molecule has 0 unspecified atom stereocenters. The Bertz CT molecular complexity index is 158. The molecule has 0 heterocycles. The first-order chi connectivity index (χ1) is 8.36. The summed E-state index contributed by atoms with van der Waals surface area (Å²) in [7, 11) is 0. The zero-order chi connectivity index (χ0) is 12.3. The second-order valence-corrected chi connectivity index (χ2v) is 5.44. The molecule has 1 N–H and O–H groups in total. The highest BCUT2D eigenvalue weighted by atomic mass is 15.1. The largest absolute Gasteiger partial charge is 0.316 e. The second kappa shape index (κ2) is 9.90. The van der Waals surface area contributed by atoms with Crippen molar-refractivity contribution in [2.45, 2.75) is 58.8 Å². The van der Waals surface area contributed by atoms with E-state index in [-0.39, 0.29) is 0 Å². The van der Waals surface area contributed by atoms with Gasteiger partial charge in [-0.15, -0.1) is 0 Å². The molecule has 0 amide bonds. The van der Waals surface area contributed by atoms with Gasteiger partial charge in [0.25, 0.3) is 0 Å². The van der Waals surface area contributed by atoms with Crippen molar-refractivity contribution in [1.82, 2.24) is 10.2 Å². The summed E-state index contributed by atoms with van der Waals surface area (Å²) in [6.45, 7) is 10.6. The van der Waals surface area contributed by atoms with Crippen molar-refractivity contribution in [3.8, 4) is 0 Å². The summed E-state index contributed by atoms with van der Waals surface area (Å²) in [5.74, 6) is 0.964. The Balaban J connectivity index is 1.95. The van der Waals surface area contributed by atoms with Crippen molar-refractivity contribution >= 4 is 0 Å². The zero-order valence-corrected chi connectivity index (χ0v) is 12.0. The Morgan fingerprint density at radius 2 is 1.65 bits per heavy atom. The van der Waals surface area contributed by atoms with Crippen molar-refractivity contribution in [3.05, 3.63) is 0 Å². The summed E-state index contributed by atoms with van der Waals surface area (Å²) in [5.41, 5.74) is 0. The Morgan fingerprint density at radius 3 is 2.24 bits per heavy atom. The van der Waals surface area contributed by atoms with Crippen LogP contribution >= 0.6 is 0 Å². The van der Waals surface area contributed by atoms with E-state index in [9.17, 15) is 0 Å². The Morgan fingerprint density at radius 1 is 1.00 bits per heavy atom. The fraction of sp³-hybridized carbons (Fsp3) is 1.00.